The van der Waals surface area contributed by atoms with E-state index in [-0.39, 0.29) is 5.91 Å². The molecule has 4 heteroatoms. The highest BCUT2D eigenvalue weighted by Gasteiger charge is 2.33. The molecule has 0 radical (unpaired) electrons. The molecule has 0 atom stereocenters. The molecule has 0 unspecified atom stereocenters. The lowest BCUT2D eigenvalue weighted by Crippen LogP contribution is -2.32. The van der Waals surface area contributed by atoms with Crippen LogP contribution in [0.4, 0.5) is 0 Å². The number of hydrogen-bond acceptors (Lipinski definition) is 3. The Bertz CT molecular complexity index is 919. The zero-order chi connectivity index (χ0) is 19.3. The lowest BCUT2D eigenvalue weighted by atomic mass is 10.1. The van der Waals surface area contributed by atoms with Crippen molar-refractivity contribution < 1.29 is 4.79 Å². The normalized spacial score (nSPS) is 13.3. The van der Waals surface area contributed by atoms with E-state index < -0.39 is 0 Å². The molecule has 4 rings (SSSR count). The van der Waals surface area contributed by atoms with Crippen LogP contribution in [0.2, 0.25) is 0 Å². The summed E-state index contributed by atoms with van der Waals surface area (Å²) in [5.41, 5.74) is 4.40. The molecular weight excluding hydrogens is 364 g/mol. The first-order chi connectivity index (χ1) is 13.7. The van der Waals surface area contributed by atoms with Crippen LogP contribution in [0.3, 0.4) is 0 Å². The van der Waals surface area contributed by atoms with Crippen LogP contribution < -0.4 is 0 Å². The molecule has 1 fully saturated rings. The van der Waals surface area contributed by atoms with E-state index in [0.29, 0.717) is 12.6 Å². The summed E-state index contributed by atoms with van der Waals surface area (Å²) in [5, 5.41) is 0. The molecule has 1 heterocycles. The smallest absolute Gasteiger partial charge is 0.254 e. The molecule has 142 valence electrons. The molecule has 1 aliphatic carbocycles. The summed E-state index contributed by atoms with van der Waals surface area (Å²) in [6.07, 6.45) is 5.90. The number of hydrogen-bond donors (Lipinski definition) is 0. The number of carbonyl (C=O) groups excluding carboxylic acids is 1. The lowest BCUT2D eigenvalue weighted by Gasteiger charge is -2.23. The van der Waals surface area contributed by atoms with E-state index >= 15 is 0 Å². The summed E-state index contributed by atoms with van der Waals surface area (Å²) in [6.45, 7) is 2.77. The molecule has 3 aromatic rings. The van der Waals surface area contributed by atoms with Gasteiger partial charge in [-0.3, -0.25) is 9.78 Å². The van der Waals surface area contributed by atoms with E-state index in [4.69, 9.17) is 0 Å². The largest absolute Gasteiger partial charge is 0.331 e. The molecule has 28 heavy (non-hydrogen) atoms. The topological polar surface area (TPSA) is 33.2 Å². The Morgan fingerprint density at radius 3 is 2.43 bits per heavy atom. The second-order valence-electron chi connectivity index (χ2n) is 7.32. The molecule has 1 amide bonds. The molecule has 0 saturated heterocycles. The summed E-state index contributed by atoms with van der Waals surface area (Å²) < 4.78 is 0. The lowest BCUT2D eigenvalue weighted by molar-refractivity contribution is 0.0730. The summed E-state index contributed by atoms with van der Waals surface area (Å²) in [7, 11) is 0. The minimum Gasteiger partial charge on any atom is -0.331 e. The summed E-state index contributed by atoms with van der Waals surface area (Å²) >= 11 is 1.76. The van der Waals surface area contributed by atoms with Gasteiger partial charge in [0.15, 0.2) is 0 Å². The van der Waals surface area contributed by atoms with Gasteiger partial charge < -0.3 is 4.90 Å². The van der Waals surface area contributed by atoms with Crippen molar-refractivity contribution in [3.8, 4) is 0 Å². The van der Waals surface area contributed by atoms with E-state index in [1.54, 1.807) is 18.0 Å². The second kappa shape index (κ2) is 8.61. The number of nitrogens with zero attached hydrogens (tertiary/aromatic N) is 2. The maximum atomic E-state index is 13.1. The van der Waals surface area contributed by atoms with Crippen LogP contribution in [0.5, 0.6) is 0 Å². The third-order valence-electron chi connectivity index (χ3n) is 4.95. The van der Waals surface area contributed by atoms with Gasteiger partial charge in [-0.1, -0.05) is 35.9 Å². The fourth-order valence-electron chi connectivity index (χ4n) is 3.15. The molecule has 1 saturated carbocycles. The Kier molecular flexibility index (Phi) is 5.77. The maximum absolute atomic E-state index is 13.1. The highest BCUT2D eigenvalue weighted by molar-refractivity contribution is 7.98. The first-order valence-corrected chi connectivity index (χ1v) is 10.7. The minimum absolute atomic E-state index is 0.131. The van der Waals surface area contributed by atoms with Gasteiger partial charge in [0.2, 0.25) is 0 Å². The molecule has 0 aliphatic heterocycles. The highest BCUT2D eigenvalue weighted by Crippen LogP contribution is 2.30. The van der Waals surface area contributed by atoms with E-state index in [2.05, 4.69) is 42.2 Å². The average Bonchev–Trinajstić information content (AvgIpc) is 3.58. The quantitative estimate of drug-likeness (QED) is 0.502. The number of aromatic nitrogens is 1. The summed E-state index contributed by atoms with van der Waals surface area (Å²) in [5.74, 6) is 1.01. The SMILES string of the molecule is Cc1ccc(CN(C(=O)c2ccc(SCc3cccnc3)cc2)C2CC2)cc1. The van der Waals surface area contributed by atoms with Crippen molar-refractivity contribution >= 4 is 17.7 Å². The maximum Gasteiger partial charge on any atom is 0.254 e. The number of benzene rings is 2. The van der Waals surface area contributed by atoms with Crippen molar-refractivity contribution in [3.05, 3.63) is 95.3 Å². The number of aryl methyl sites for hydroxylation is 1. The number of pyridine rings is 1. The van der Waals surface area contributed by atoms with E-state index in [9.17, 15) is 4.79 Å². The van der Waals surface area contributed by atoms with Crippen molar-refractivity contribution in [3.63, 3.8) is 0 Å². The second-order valence-corrected chi connectivity index (χ2v) is 8.37. The standard InChI is InChI=1S/C24H24N2OS/c1-18-4-6-19(7-5-18)16-26(22-10-11-22)24(27)21-8-12-23(13-9-21)28-17-20-3-2-14-25-15-20/h2-9,12-15,22H,10-11,16-17H2,1H3. The van der Waals surface area contributed by atoms with Gasteiger partial charge >= 0.3 is 0 Å². The molecule has 0 spiro atoms. The first-order valence-electron chi connectivity index (χ1n) is 9.67. The number of thioether (sulfide) groups is 1. The number of amides is 1. The molecule has 0 bridgehead atoms. The average molecular weight is 389 g/mol. The zero-order valence-corrected chi connectivity index (χ0v) is 16.9. The number of rotatable bonds is 7. The predicted molar refractivity (Wildman–Crippen MR) is 114 cm³/mol. The van der Waals surface area contributed by atoms with Gasteiger partial charge in [0.1, 0.15) is 0 Å². The van der Waals surface area contributed by atoms with Crippen molar-refractivity contribution in [2.24, 2.45) is 0 Å². The van der Waals surface area contributed by atoms with Crippen molar-refractivity contribution in [2.45, 2.75) is 43.0 Å². The Labute approximate surface area is 170 Å². The van der Waals surface area contributed by atoms with Gasteiger partial charge in [-0.25, -0.2) is 0 Å². The molecule has 2 aromatic carbocycles. The third-order valence-corrected chi connectivity index (χ3v) is 6.03. The van der Waals surface area contributed by atoms with Crippen LogP contribution in [0.1, 0.15) is 39.9 Å². The van der Waals surface area contributed by atoms with Gasteiger partial charge in [-0.2, -0.15) is 0 Å². The Morgan fingerprint density at radius 1 is 1.04 bits per heavy atom. The fraction of sp³-hybridized carbons (Fsp3) is 0.250. The van der Waals surface area contributed by atoms with Gasteiger partial charge in [0, 0.05) is 41.2 Å². The van der Waals surface area contributed by atoms with Crippen LogP contribution >= 0.6 is 11.8 Å². The van der Waals surface area contributed by atoms with Crippen molar-refractivity contribution in [1.82, 2.24) is 9.88 Å². The van der Waals surface area contributed by atoms with Crippen LogP contribution in [-0.2, 0) is 12.3 Å². The summed E-state index contributed by atoms with van der Waals surface area (Å²) in [4.78, 5) is 20.4. The molecular formula is C24H24N2OS. The first kappa shape index (κ1) is 18.8. The summed E-state index contributed by atoms with van der Waals surface area (Å²) in [6, 6.07) is 20.9. The van der Waals surface area contributed by atoms with Crippen molar-refractivity contribution in [1.29, 1.82) is 0 Å². The Balaban J connectivity index is 1.41. The van der Waals surface area contributed by atoms with E-state index in [1.807, 2.05) is 41.4 Å². The number of carbonyl (C=O) groups is 1. The third kappa shape index (κ3) is 4.82. The molecule has 3 nitrogen and oxygen atoms in total. The predicted octanol–water partition coefficient (Wildman–Crippen LogP) is 5.49. The van der Waals surface area contributed by atoms with Gasteiger partial charge in [-0.15, -0.1) is 11.8 Å². The van der Waals surface area contributed by atoms with Crippen molar-refractivity contribution in [2.75, 3.05) is 0 Å². The van der Waals surface area contributed by atoms with Gasteiger partial charge in [0.05, 0.1) is 0 Å². The molecule has 0 N–H and O–H groups in total. The van der Waals surface area contributed by atoms with Gasteiger partial charge in [-0.05, 0) is 61.2 Å². The minimum atomic E-state index is 0.131. The van der Waals surface area contributed by atoms with Gasteiger partial charge in [0.25, 0.3) is 5.91 Å². The molecule has 1 aliphatic rings. The Morgan fingerprint density at radius 2 is 1.79 bits per heavy atom. The van der Waals surface area contributed by atoms with E-state index in [1.165, 1.54) is 16.7 Å². The van der Waals surface area contributed by atoms with Crippen LogP contribution in [0.25, 0.3) is 0 Å². The molecule has 1 aromatic heterocycles. The van der Waals surface area contributed by atoms with Crippen LogP contribution in [0.15, 0.2) is 78.0 Å². The van der Waals surface area contributed by atoms with Crippen LogP contribution in [-0.4, -0.2) is 21.8 Å². The van der Waals surface area contributed by atoms with E-state index in [0.717, 1.165) is 29.1 Å². The van der Waals surface area contributed by atoms with Crippen LogP contribution in [0, 0.1) is 6.92 Å². The highest BCUT2D eigenvalue weighted by atomic mass is 32.2. The Hall–Kier alpha value is -2.59. The monoisotopic (exact) mass is 388 g/mol. The fourth-order valence-corrected chi connectivity index (χ4v) is 3.99. The zero-order valence-electron chi connectivity index (χ0n) is 16.0.